The van der Waals surface area contributed by atoms with Gasteiger partial charge in [0.05, 0.1) is 5.69 Å². The van der Waals surface area contributed by atoms with Crippen molar-refractivity contribution in [1.29, 1.82) is 0 Å². The molecule has 0 aliphatic carbocycles. The van der Waals surface area contributed by atoms with Crippen LogP contribution in [0.15, 0.2) is 6.07 Å². The second kappa shape index (κ2) is 6.40. The van der Waals surface area contributed by atoms with Gasteiger partial charge in [0.1, 0.15) is 0 Å². The van der Waals surface area contributed by atoms with Gasteiger partial charge in [-0.15, -0.1) is 10.2 Å². The van der Waals surface area contributed by atoms with Gasteiger partial charge in [-0.2, -0.15) is 11.8 Å². The van der Waals surface area contributed by atoms with Gasteiger partial charge in [0.2, 0.25) is 0 Å². The smallest absolute Gasteiger partial charge is 0.174 e. The summed E-state index contributed by atoms with van der Waals surface area (Å²) in [6.07, 6.45) is 3.15. The average Bonchev–Trinajstić information content (AvgIpc) is 2.20. The van der Waals surface area contributed by atoms with E-state index in [4.69, 9.17) is 23.2 Å². The number of nitrogens with one attached hydrogen (secondary N) is 1. The van der Waals surface area contributed by atoms with Crippen LogP contribution in [0.3, 0.4) is 0 Å². The molecule has 6 heteroatoms. The summed E-state index contributed by atoms with van der Waals surface area (Å²) in [6, 6.07) is 2.03. The van der Waals surface area contributed by atoms with Gasteiger partial charge in [-0.3, -0.25) is 0 Å². The molecular formula is C9H13Cl2N3S. The quantitative estimate of drug-likeness (QED) is 0.887. The lowest BCUT2D eigenvalue weighted by Gasteiger charge is -2.14. The van der Waals surface area contributed by atoms with Crippen molar-refractivity contribution in [2.24, 2.45) is 0 Å². The SMILES string of the molecule is CSCCC(C)Nc1cc(Cl)nnc1Cl. The fourth-order valence-electron chi connectivity index (χ4n) is 1.09. The third kappa shape index (κ3) is 4.45. The molecule has 1 N–H and O–H groups in total. The minimum Gasteiger partial charge on any atom is -0.380 e. The highest BCUT2D eigenvalue weighted by atomic mass is 35.5. The molecule has 15 heavy (non-hydrogen) atoms. The topological polar surface area (TPSA) is 37.8 Å². The number of halogens is 2. The summed E-state index contributed by atoms with van der Waals surface area (Å²) in [5.41, 5.74) is 0.741. The Morgan fingerprint density at radius 2 is 2.20 bits per heavy atom. The minimum atomic E-state index is 0.343. The monoisotopic (exact) mass is 265 g/mol. The van der Waals surface area contributed by atoms with Crippen molar-refractivity contribution in [1.82, 2.24) is 10.2 Å². The zero-order valence-electron chi connectivity index (χ0n) is 8.63. The standard InChI is InChI=1S/C9H13Cl2N3S/c1-6(3-4-15-2)12-7-5-8(10)13-14-9(7)11/h5-6H,3-4H2,1-2H3,(H,12,13). The Labute approximate surface area is 104 Å². The molecule has 0 saturated carbocycles. The van der Waals surface area contributed by atoms with Gasteiger partial charge in [0.25, 0.3) is 0 Å². The van der Waals surface area contributed by atoms with Crippen LogP contribution in [0, 0.1) is 0 Å². The number of anilines is 1. The van der Waals surface area contributed by atoms with Gasteiger partial charge < -0.3 is 5.32 Å². The molecule has 0 amide bonds. The van der Waals surface area contributed by atoms with Crippen molar-refractivity contribution in [2.45, 2.75) is 19.4 Å². The molecule has 0 saturated heterocycles. The number of aromatic nitrogens is 2. The molecule has 1 aromatic rings. The van der Waals surface area contributed by atoms with Crippen molar-refractivity contribution in [2.75, 3.05) is 17.3 Å². The second-order valence-corrected chi connectivity index (χ2v) is 4.93. The maximum absolute atomic E-state index is 5.87. The summed E-state index contributed by atoms with van der Waals surface area (Å²) in [7, 11) is 0. The maximum Gasteiger partial charge on any atom is 0.174 e. The predicted molar refractivity (Wildman–Crippen MR) is 68.1 cm³/mol. The van der Waals surface area contributed by atoms with Crippen LogP contribution in [-0.4, -0.2) is 28.2 Å². The van der Waals surface area contributed by atoms with E-state index < -0.39 is 0 Å². The second-order valence-electron chi connectivity index (χ2n) is 3.20. The lowest BCUT2D eigenvalue weighted by atomic mass is 10.2. The lowest BCUT2D eigenvalue weighted by molar-refractivity contribution is 0.770. The minimum absolute atomic E-state index is 0.343. The molecule has 0 aliphatic rings. The number of rotatable bonds is 5. The Bertz CT molecular complexity index is 322. The fraction of sp³-hybridized carbons (Fsp3) is 0.556. The Hall–Kier alpha value is -0.190. The summed E-state index contributed by atoms with van der Waals surface area (Å²) in [4.78, 5) is 0. The Morgan fingerprint density at radius 3 is 2.87 bits per heavy atom. The van der Waals surface area contributed by atoms with E-state index in [1.54, 1.807) is 6.07 Å². The molecule has 0 spiro atoms. The van der Waals surface area contributed by atoms with Crippen LogP contribution < -0.4 is 5.32 Å². The third-order valence-electron chi connectivity index (χ3n) is 1.88. The normalized spacial score (nSPS) is 12.5. The van der Waals surface area contributed by atoms with Crippen LogP contribution in [-0.2, 0) is 0 Å². The predicted octanol–water partition coefficient (Wildman–Crippen LogP) is 3.34. The van der Waals surface area contributed by atoms with Crippen molar-refractivity contribution in [3.05, 3.63) is 16.4 Å². The van der Waals surface area contributed by atoms with E-state index in [0.29, 0.717) is 16.3 Å². The average molecular weight is 266 g/mol. The summed E-state index contributed by atoms with van der Waals surface area (Å²) in [5.74, 6) is 1.11. The van der Waals surface area contributed by atoms with Crippen LogP contribution in [0.1, 0.15) is 13.3 Å². The van der Waals surface area contributed by atoms with Gasteiger partial charge in [0, 0.05) is 12.1 Å². The first-order valence-corrected chi connectivity index (χ1v) is 6.72. The molecule has 0 radical (unpaired) electrons. The summed E-state index contributed by atoms with van der Waals surface area (Å²) >= 11 is 13.4. The molecule has 0 bridgehead atoms. The zero-order valence-corrected chi connectivity index (χ0v) is 11.0. The Kier molecular flexibility index (Phi) is 5.50. The van der Waals surface area contributed by atoms with Crippen molar-refractivity contribution in [3.8, 4) is 0 Å². The van der Waals surface area contributed by atoms with Gasteiger partial charge in [0.15, 0.2) is 10.3 Å². The number of thioether (sulfide) groups is 1. The first-order valence-electron chi connectivity index (χ1n) is 4.57. The molecule has 1 rings (SSSR count). The molecule has 1 atom stereocenters. The number of nitrogens with zero attached hydrogens (tertiary/aromatic N) is 2. The highest BCUT2D eigenvalue weighted by molar-refractivity contribution is 7.98. The summed E-state index contributed by atoms with van der Waals surface area (Å²) in [5, 5.41) is 11.3. The molecule has 1 aromatic heterocycles. The summed E-state index contributed by atoms with van der Waals surface area (Å²) < 4.78 is 0. The molecular weight excluding hydrogens is 253 g/mol. The molecule has 1 heterocycles. The molecule has 0 aromatic carbocycles. The van der Waals surface area contributed by atoms with E-state index >= 15 is 0 Å². The van der Waals surface area contributed by atoms with E-state index in [9.17, 15) is 0 Å². The Balaban J connectivity index is 2.59. The van der Waals surface area contributed by atoms with Crippen molar-refractivity contribution < 1.29 is 0 Å². The van der Waals surface area contributed by atoms with E-state index in [1.807, 2.05) is 11.8 Å². The van der Waals surface area contributed by atoms with E-state index in [-0.39, 0.29) is 0 Å². The maximum atomic E-state index is 5.87. The Morgan fingerprint density at radius 1 is 1.47 bits per heavy atom. The summed E-state index contributed by atoms with van der Waals surface area (Å²) in [6.45, 7) is 2.10. The van der Waals surface area contributed by atoms with E-state index in [1.165, 1.54) is 0 Å². The van der Waals surface area contributed by atoms with E-state index in [2.05, 4.69) is 28.7 Å². The number of hydrogen-bond donors (Lipinski definition) is 1. The highest BCUT2D eigenvalue weighted by Gasteiger charge is 2.07. The molecule has 1 unspecified atom stereocenters. The first-order chi connectivity index (χ1) is 7.13. The zero-order chi connectivity index (χ0) is 11.3. The van der Waals surface area contributed by atoms with E-state index in [0.717, 1.165) is 17.9 Å². The molecule has 0 aliphatic heterocycles. The van der Waals surface area contributed by atoms with Crippen LogP contribution in [0.2, 0.25) is 10.3 Å². The first kappa shape index (κ1) is 12.9. The molecule has 0 fully saturated rings. The van der Waals surface area contributed by atoms with Gasteiger partial charge in [-0.05, 0) is 25.4 Å². The van der Waals surface area contributed by atoms with Gasteiger partial charge >= 0.3 is 0 Å². The number of hydrogen-bond acceptors (Lipinski definition) is 4. The largest absolute Gasteiger partial charge is 0.380 e. The third-order valence-corrected chi connectivity index (χ3v) is 2.98. The fourth-order valence-corrected chi connectivity index (χ4v) is 1.97. The molecule has 84 valence electrons. The van der Waals surface area contributed by atoms with Crippen LogP contribution >= 0.6 is 35.0 Å². The van der Waals surface area contributed by atoms with Crippen LogP contribution in [0.4, 0.5) is 5.69 Å². The van der Waals surface area contributed by atoms with Crippen molar-refractivity contribution in [3.63, 3.8) is 0 Å². The highest BCUT2D eigenvalue weighted by Crippen LogP contribution is 2.22. The van der Waals surface area contributed by atoms with Crippen LogP contribution in [0.25, 0.3) is 0 Å². The van der Waals surface area contributed by atoms with Crippen molar-refractivity contribution >= 4 is 40.7 Å². The van der Waals surface area contributed by atoms with Crippen LogP contribution in [0.5, 0.6) is 0 Å². The molecule has 3 nitrogen and oxygen atoms in total. The van der Waals surface area contributed by atoms with Gasteiger partial charge in [-0.1, -0.05) is 23.2 Å². The lowest BCUT2D eigenvalue weighted by Crippen LogP contribution is -2.16. The van der Waals surface area contributed by atoms with Gasteiger partial charge in [-0.25, -0.2) is 0 Å².